The summed E-state index contributed by atoms with van der Waals surface area (Å²) < 4.78 is 37.6. The van der Waals surface area contributed by atoms with Crippen molar-refractivity contribution >= 4 is 27.5 Å². The summed E-state index contributed by atoms with van der Waals surface area (Å²) in [4.78, 5) is 27.7. The highest BCUT2D eigenvalue weighted by Gasteiger charge is 2.27. The molecular formula is C27H37N3O6S. The number of nitrogens with one attached hydrogen (secondary N) is 1. The summed E-state index contributed by atoms with van der Waals surface area (Å²) in [5.74, 6) is 0.640. The number of amides is 2. The zero-order valence-corrected chi connectivity index (χ0v) is 22.8. The van der Waals surface area contributed by atoms with Crippen LogP contribution in [0.15, 0.2) is 42.5 Å². The summed E-state index contributed by atoms with van der Waals surface area (Å²) in [7, 11) is -3.61. The molecule has 37 heavy (non-hydrogen) atoms. The van der Waals surface area contributed by atoms with Crippen molar-refractivity contribution in [3.05, 3.63) is 53.6 Å². The minimum atomic E-state index is -3.61. The number of carbonyl (C=O) groups excluding carboxylic acids is 2. The fraction of sp³-hybridized carbons (Fsp3) is 0.481. The lowest BCUT2D eigenvalue weighted by atomic mass is 10.1. The third-order valence-corrected chi connectivity index (χ3v) is 7.48. The van der Waals surface area contributed by atoms with Crippen molar-refractivity contribution < 1.29 is 27.5 Å². The van der Waals surface area contributed by atoms with Gasteiger partial charge in [0, 0.05) is 32.1 Å². The molecule has 1 atom stereocenters. The van der Waals surface area contributed by atoms with E-state index in [0.29, 0.717) is 43.5 Å². The second-order valence-corrected chi connectivity index (χ2v) is 11.1. The molecule has 9 nitrogen and oxygen atoms in total. The van der Waals surface area contributed by atoms with E-state index in [-0.39, 0.29) is 31.2 Å². The van der Waals surface area contributed by atoms with Crippen LogP contribution in [0.25, 0.3) is 0 Å². The first-order valence-electron chi connectivity index (χ1n) is 12.6. The smallest absolute Gasteiger partial charge is 0.242 e. The quantitative estimate of drug-likeness (QED) is 0.451. The molecule has 1 aliphatic heterocycles. The Morgan fingerprint density at radius 2 is 1.78 bits per heavy atom. The number of benzene rings is 2. The zero-order chi connectivity index (χ0) is 27.0. The Kier molecular flexibility index (Phi) is 9.79. The number of anilines is 1. The van der Waals surface area contributed by atoms with Gasteiger partial charge in [-0.15, -0.1) is 0 Å². The van der Waals surface area contributed by atoms with Gasteiger partial charge < -0.3 is 19.7 Å². The molecule has 0 radical (unpaired) electrons. The number of nitrogens with zero attached hydrogens (tertiary/aromatic N) is 2. The summed E-state index contributed by atoms with van der Waals surface area (Å²) in [6, 6.07) is 12.1. The first-order chi connectivity index (χ1) is 17.6. The highest BCUT2D eigenvalue weighted by atomic mass is 32.2. The average Bonchev–Trinajstić information content (AvgIpc) is 2.87. The van der Waals surface area contributed by atoms with Gasteiger partial charge in [0.15, 0.2) is 11.5 Å². The van der Waals surface area contributed by atoms with Crippen LogP contribution in [-0.4, -0.2) is 63.7 Å². The first-order valence-corrected chi connectivity index (χ1v) is 14.5. The molecule has 0 unspecified atom stereocenters. The van der Waals surface area contributed by atoms with Crippen molar-refractivity contribution in [3.63, 3.8) is 0 Å². The molecule has 1 heterocycles. The van der Waals surface area contributed by atoms with Gasteiger partial charge in [-0.25, -0.2) is 8.42 Å². The van der Waals surface area contributed by atoms with Gasteiger partial charge in [-0.1, -0.05) is 31.2 Å². The molecule has 0 bridgehead atoms. The van der Waals surface area contributed by atoms with Gasteiger partial charge in [-0.3, -0.25) is 13.9 Å². The Morgan fingerprint density at radius 3 is 2.46 bits per heavy atom. The number of hydrogen-bond acceptors (Lipinski definition) is 6. The molecule has 1 aliphatic rings. The Bertz CT molecular complexity index is 1200. The van der Waals surface area contributed by atoms with E-state index in [4.69, 9.17) is 9.47 Å². The largest absolute Gasteiger partial charge is 0.486 e. The van der Waals surface area contributed by atoms with Crippen molar-refractivity contribution in [3.8, 4) is 11.5 Å². The molecule has 3 rings (SSSR count). The summed E-state index contributed by atoms with van der Waals surface area (Å²) in [5.41, 5.74) is 2.44. The van der Waals surface area contributed by atoms with Crippen LogP contribution in [0, 0.1) is 6.92 Å². The highest BCUT2D eigenvalue weighted by molar-refractivity contribution is 7.92. The maximum Gasteiger partial charge on any atom is 0.242 e. The molecule has 202 valence electrons. The second kappa shape index (κ2) is 12.8. The number of aryl methyl sites for hydroxylation is 1. The van der Waals surface area contributed by atoms with Gasteiger partial charge in [0.05, 0.1) is 11.9 Å². The summed E-state index contributed by atoms with van der Waals surface area (Å²) in [6.07, 6.45) is 2.31. The van der Waals surface area contributed by atoms with E-state index in [2.05, 4.69) is 5.32 Å². The Balaban J connectivity index is 1.73. The lowest BCUT2D eigenvalue weighted by Gasteiger charge is -2.30. The molecule has 2 aromatic carbocycles. The summed E-state index contributed by atoms with van der Waals surface area (Å²) >= 11 is 0. The Morgan fingerprint density at radius 1 is 1.08 bits per heavy atom. The predicted molar refractivity (Wildman–Crippen MR) is 143 cm³/mol. The molecular weight excluding hydrogens is 494 g/mol. The SMILES string of the molecule is CCCNC(=O)[C@@H](C)N(Cc1ccccc1C)C(=O)CCCN(c1ccc2c(c1)OCCO2)S(C)(=O)=O. The van der Waals surface area contributed by atoms with Gasteiger partial charge >= 0.3 is 0 Å². The molecule has 0 aromatic heterocycles. The molecule has 0 fully saturated rings. The maximum absolute atomic E-state index is 13.4. The van der Waals surface area contributed by atoms with Crippen LogP contribution < -0.4 is 19.1 Å². The van der Waals surface area contributed by atoms with Crippen molar-refractivity contribution in [2.45, 2.75) is 52.6 Å². The van der Waals surface area contributed by atoms with Gasteiger partial charge in [0.2, 0.25) is 21.8 Å². The molecule has 0 spiro atoms. The van der Waals surface area contributed by atoms with Crippen LogP contribution >= 0.6 is 0 Å². The van der Waals surface area contributed by atoms with Crippen LogP contribution in [0.5, 0.6) is 11.5 Å². The van der Waals surface area contributed by atoms with Crippen molar-refractivity contribution in [1.82, 2.24) is 10.2 Å². The Labute approximate surface area is 219 Å². The molecule has 1 N–H and O–H groups in total. The first kappa shape index (κ1) is 28.3. The third kappa shape index (κ3) is 7.61. The number of fused-ring (bicyclic) bond motifs is 1. The number of hydrogen-bond donors (Lipinski definition) is 1. The van der Waals surface area contributed by atoms with Gasteiger partial charge in [-0.2, -0.15) is 0 Å². The van der Waals surface area contributed by atoms with E-state index < -0.39 is 16.1 Å². The van der Waals surface area contributed by atoms with E-state index in [1.54, 1.807) is 30.0 Å². The van der Waals surface area contributed by atoms with E-state index >= 15 is 0 Å². The zero-order valence-electron chi connectivity index (χ0n) is 22.0. The number of carbonyl (C=O) groups is 2. The predicted octanol–water partition coefficient (Wildman–Crippen LogP) is 3.26. The van der Waals surface area contributed by atoms with Crippen LogP contribution in [0.4, 0.5) is 5.69 Å². The maximum atomic E-state index is 13.4. The van der Waals surface area contributed by atoms with Crippen molar-refractivity contribution in [2.75, 3.05) is 36.9 Å². The van der Waals surface area contributed by atoms with E-state index in [9.17, 15) is 18.0 Å². The third-order valence-electron chi connectivity index (χ3n) is 6.28. The van der Waals surface area contributed by atoms with Crippen LogP contribution in [0.2, 0.25) is 0 Å². The normalized spacial score (nSPS) is 13.5. The van der Waals surface area contributed by atoms with E-state index in [1.807, 2.05) is 38.1 Å². The fourth-order valence-electron chi connectivity index (χ4n) is 4.14. The molecule has 10 heteroatoms. The molecule has 0 saturated carbocycles. The van der Waals surface area contributed by atoms with Gasteiger partial charge in [0.1, 0.15) is 19.3 Å². The van der Waals surface area contributed by atoms with Crippen molar-refractivity contribution in [2.24, 2.45) is 0 Å². The molecule has 0 saturated heterocycles. The summed E-state index contributed by atoms with van der Waals surface area (Å²) in [5, 5.41) is 2.87. The van der Waals surface area contributed by atoms with Crippen LogP contribution in [-0.2, 0) is 26.2 Å². The number of ether oxygens (including phenoxy) is 2. The molecule has 2 amide bonds. The molecule has 2 aromatic rings. The van der Waals surface area contributed by atoms with Crippen molar-refractivity contribution in [1.29, 1.82) is 0 Å². The fourth-order valence-corrected chi connectivity index (χ4v) is 5.10. The minimum Gasteiger partial charge on any atom is -0.486 e. The van der Waals surface area contributed by atoms with E-state index in [0.717, 1.165) is 23.8 Å². The van der Waals surface area contributed by atoms with Crippen LogP contribution in [0.3, 0.4) is 0 Å². The monoisotopic (exact) mass is 531 g/mol. The lowest BCUT2D eigenvalue weighted by molar-refractivity contribution is -0.140. The standard InChI is InChI=1S/C27H37N3O6S/c1-5-14-28-27(32)21(3)29(19-22-10-7-6-9-20(22)2)26(31)11-8-15-30(37(4,33)34)23-12-13-24-25(18-23)36-17-16-35-24/h6-7,9-10,12-13,18,21H,5,8,11,14-17,19H2,1-4H3,(H,28,32)/t21-/m1/s1. The van der Waals surface area contributed by atoms with Gasteiger partial charge in [-0.05, 0) is 49.9 Å². The summed E-state index contributed by atoms with van der Waals surface area (Å²) in [6.45, 7) is 7.44. The van der Waals surface area contributed by atoms with Gasteiger partial charge in [0.25, 0.3) is 0 Å². The lowest BCUT2D eigenvalue weighted by Crippen LogP contribution is -2.48. The average molecular weight is 532 g/mol. The van der Waals surface area contributed by atoms with Crippen LogP contribution in [0.1, 0.15) is 44.2 Å². The number of rotatable bonds is 12. The minimum absolute atomic E-state index is 0.0911. The Hall–Kier alpha value is -3.27. The second-order valence-electron chi connectivity index (χ2n) is 9.18. The topological polar surface area (TPSA) is 105 Å². The highest BCUT2D eigenvalue weighted by Crippen LogP contribution is 2.34. The van der Waals surface area contributed by atoms with E-state index in [1.165, 1.54) is 4.31 Å². The number of sulfonamides is 1. The molecule has 0 aliphatic carbocycles.